The van der Waals surface area contributed by atoms with Gasteiger partial charge in [0.2, 0.25) is 5.91 Å². The molecule has 8 atom stereocenters. The lowest BCUT2D eigenvalue weighted by Gasteiger charge is -2.45. The Morgan fingerprint density at radius 3 is 2.46 bits per heavy atom. The topological polar surface area (TPSA) is 111 Å². The summed E-state index contributed by atoms with van der Waals surface area (Å²) in [5.41, 5.74) is 0. The van der Waals surface area contributed by atoms with Gasteiger partial charge < -0.3 is 30.7 Å². The molecule has 0 bridgehead atoms. The van der Waals surface area contributed by atoms with E-state index in [4.69, 9.17) is 4.74 Å². The summed E-state index contributed by atoms with van der Waals surface area (Å²) in [6.07, 6.45) is 1.13. The molecule has 1 unspecified atom stereocenters. The fourth-order valence-electron chi connectivity index (χ4n) is 4.68. The third-order valence-electron chi connectivity index (χ3n) is 6.63. The zero-order chi connectivity index (χ0) is 20.4. The lowest BCUT2D eigenvalue weighted by molar-refractivity contribution is -0.233. The Bertz CT molecular complexity index is 527. The maximum absolute atomic E-state index is 12.9. The maximum Gasteiger partial charge on any atom is 0.237 e. The lowest BCUT2D eigenvalue weighted by Crippen LogP contribution is -2.65. The van der Waals surface area contributed by atoms with Crippen molar-refractivity contribution >= 4 is 5.91 Å². The predicted octanol–water partition coefficient (Wildman–Crippen LogP) is 0.556. The molecule has 3 aliphatic rings. The summed E-state index contributed by atoms with van der Waals surface area (Å²) in [5, 5.41) is 37.7. The molecule has 7 nitrogen and oxygen atoms in total. The highest BCUT2D eigenvalue weighted by molar-refractivity contribution is 5.82. The standard InChI is InChI=1S/C21H38N2O5/c1-4-5-13-8-14(22-10-13)21(27)23-16(11(2)3)20-19(26)18(25)17(24)15(28-20)9-12-6-7-12/h11-20,22,24-26H,4-10H2,1-3H3,(H,23,27)/t13-,14?,15+,16+,17-,18+,19+,20+/m0/s1. The van der Waals surface area contributed by atoms with Crippen molar-refractivity contribution in [3.05, 3.63) is 0 Å². The minimum absolute atomic E-state index is 0.0143. The van der Waals surface area contributed by atoms with Crippen LogP contribution in [-0.2, 0) is 9.53 Å². The molecular weight excluding hydrogens is 360 g/mol. The van der Waals surface area contributed by atoms with Crippen LogP contribution in [0.25, 0.3) is 0 Å². The molecule has 1 amide bonds. The van der Waals surface area contributed by atoms with Gasteiger partial charge in [0, 0.05) is 0 Å². The zero-order valence-electron chi connectivity index (χ0n) is 17.4. The first-order valence-electron chi connectivity index (χ1n) is 11.0. The number of carbonyl (C=O) groups excluding carboxylic acids is 1. The van der Waals surface area contributed by atoms with E-state index in [0.717, 1.165) is 38.6 Å². The summed E-state index contributed by atoms with van der Waals surface area (Å²) in [7, 11) is 0. The fourth-order valence-corrected chi connectivity index (χ4v) is 4.68. The molecule has 0 aromatic heterocycles. The third-order valence-corrected chi connectivity index (χ3v) is 6.63. The van der Waals surface area contributed by atoms with Crippen molar-refractivity contribution in [1.29, 1.82) is 0 Å². The molecule has 3 fully saturated rings. The summed E-state index contributed by atoms with van der Waals surface area (Å²) in [5.74, 6) is 0.982. The molecule has 5 N–H and O–H groups in total. The molecule has 0 spiro atoms. The number of aliphatic hydroxyl groups is 3. The van der Waals surface area contributed by atoms with Gasteiger partial charge in [-0.3, -0.25) is 4.79 Å². The minimum Gasteiger partial charge on any atom is -0.388 e. The number of hydrogen-bond donors (Lipinski definition) is 5. The summed E-state index contributed by atoms with van der Waals surface area (Å²) in [4.78, 5) is 12.9. The molecule has 2 aliphatic heterocycles. The molecule has 3 rings (SSSR count). The van der Waals surface area contributed by atoms with Gasteiger partial charge in [-0.1, -0.05) is 40.0 Å². The molecule has 0 aromatic rings. The van der Waals surface area contributed by atoms with Crippen LogP contribution in [0.3, 0.4) is 0 Å². The van der Waals surface area contributed by atoms with Crippen molar-refractivity contribution in [2.24, 2.45) is 17.8 Å². The SMILES string of the molecule is CCC[C@@H]1CNC(C(=O)N[C@H](C(C)C)[C@H]2O[C@H](CC3CC3)[C@H](O)[C@@H](O)[C@H]2O)C1. The van der Waals surface area contributed by atoms with Gasteiger partial charge in [0.1, 0.15) is 24.4 Å². The normalized spacial score (nSPS) is 39.9. The lowest BCUT2D eigenvalue weighted by atomic mass is 9.85. The second kappa shape index (κ2) is 9.39. The van der Waals surface area contributed by atoms with E-state index in [1.807, 2.05) is 13.8 Å². The van der Waals surface area contributed by atoms with Gasteiger partial charge in [0.15, 0.2) is 0 Å². The van der Waals surface area contributed by atoms with Crippen LogP contribution in [0, 0.1) is 17.8 Å². The first-order valence-corrected chi connectivity index (χ1v) is 11.0. The van der Waals surface area contributed by atoms with Gasteiger partial charge in [-0.2, -0.15) is 0 Å². The molecule has 1 aliphatic carbocycles. The number of nitrogens with one attached hydrogen (secondary N) is 2. The number of carbonyl (C=O) groups is 1. The van der Waals surface area contributed by atoms with Gasteiger partial charge in [-0.15, -0.1) is 0 Å². The number of amides is 1. The van der Waals surface area contributed by atoms with Gasteiger partial charge in [0.25, 0.3) is 0 Å². The molecule has 0 radical (unpaired) electrons. The zero-order valence-corrected chi connectivity index (χ0v) is 17.4. The fraction of sp³-hybridized carbons (Fsp3) is 0.952. The number of ether oxygens (including phenoxy) is 1. The van der Waals surface area contributed by atoms with Crippen LogP contribution >= 0.6 is 0 Å². The Morgan fingerprint density at radius 1 is 1.14 bits per heavy atom. The number of aliphatic hydroxyl groups excluding tert-OH is 3. The second-order valence-corrected chi connectivity index (χ2v) is 9.42. The Kier molecular flexibility index (Phi) is 7.37. The van der Waals surface area contributed by atoms with Crippen molar-refractivity contribution in [2.75, 3.05) is 6.54 Å². The number of hydrogen-bond acceptors (Lipinski definition) is 6. The van der Waals surface area contributed by atoms with E-state index in [2.05, 4.69) is 17.6 Å². The molecule has 2 heterocycles. The van der Waals surface area contributed by atoms with Crippen molar-refractivity contribution in [2.45, 2.75) is 102 Å². The molecule has 0 aromatic carbocycles. The van der Waals surface area contributed by atoms with E-state index >= 15 is 0 Å². The van der Waals surface area contributed by atoms with E-state index in [0.29, 0.717) is 18.3 Å². The second-order valence-electron chi connectivity index (χ2n) is 9.42. The van der Waals surface area contributed by atoms with Crippen LogP contribution in [0.1, 0.15) is 59.3 Å². The molecule has 1 saturated carbocycles. The van der Waals surface area contributed by atoms with Crippen LogP contribution in [-0.4, -0.2) is 70.4 Å². The predicted molar refractivity (Wildman–Crippen MR) is 106 cm³/mol. The highest BCUT2D eigenvalue weighted by Crippen LogP contribution is 2.38. The first-order chi connectivity index (χ1) is 13.3. The van der Waals surface area contributed by atoms with E-state index in [-0.39, 0.29) is 17.9 Å². The smallest absolute Gasteiger partial charge is 0.237 e. The summed E-state index contributed by atoms with van der Waals surface area (Å²) >= 11 is 0. The summed E-state index contributed by atoms with van der Waals surface area (Å²) in [6.45, 7) is 6.95. The largest absolute Gasteiger partial charge is 0.388 e. The number of rotatable bonds is 8. The molecule has 162 valence electrons. The molecular formula is C21H38N2O5. The monoisotopic (exact) mass is 398 g/mol. The minimum atomic E-state index is -1.26. The van der Waals surface area contributed by atoms with E-state index < -0.39 is 36.6 Å². The van der Waals surface area contributed by atoms with Crippen molar-refractivity contribution in [1.82, 2.24) is 10.6 Å². The van der Waals surface area contributed by atoms with Crippen molar-refractivity contribution in [3.8, 4) is 0 Å². The summed E-state index contributed by atoms with van der Waals surface area (Å²) < 4.78 is 6.08. The quantitative estimate of drug-likeness (QED) is 0.408. The first kappa shape index (κ1) is 22.0. The summed E-state index contributed by atoms with van der Waals surface area (Å²) in [6, 6.07) is -0.658. The Morgan fingerprint density at radius 2 is 1.86 bits per heavy atom. The Hall–Kier alpha value is -0.730. The highest BCUT2D eigenvalue weighted by Gasteiger charge is 2.48. The van der Waals surface area contributed by atoms with Crippen molar-refractivity contribution < 1.29 is 24.9 Å². The third kappa shape index (κ3) is 5.05. The van der Waals surface area contributed by atoms with Crippen LogP contribution in [0.15, 0.2) is 0 Å². The molecule has 7 heteroatoms. The van der Waals surface area contributed by atoms with E-state index in [1.54, 1.807) is 0 Å². The van der Waals surface area contributed by atoms with E-state index in [9.17, 15) is 20.1 Å². The van der Waals surface area contributed by atoms with Gasteiger partial charge in [0.05, 0.1) is 18.2 Å². The van der Waals surface area contributed by atoms with Crippen molar-refractivity contribution in [3.63, 3.8) is 0 Å². The average molecular weight is 399 g/mol. The van der Waals surface area contributed by atoms with Crippen LogP contribution in [0.2, 0.25) is 0 Å². The average Bonchev–Trinajstić information content (AvgIpc) is 3.35. The van der Waals surface area contributed by atoms with Crippen LogP contribution in [0.5, 0.6) is 0 Å². The molecule has 28 heavy (non-hydrogen) atoms. The Labute approximate surface area is 168 Å². The van der Waals surface area contributed by atoms with Gasteiger partial charge in [-0.05, 0) is 43.6 Å². The van der Waals surface area contributed by atoms with Crippen LogP contribution < -0.4 is 10.6 Å². The van der Waals surface area contributed by atoms with E-state index in [1.165, 1.54) is 0 Å². The van der Waals surface area contributed by atoms with Gasteiger partial charge >= 0.3 is 0 Å². The van der Waals surface area contributed by atoms with Crippen LogP contribution in [0.4, 0.5) is 0 Å². The highest BCUT2D eigenvalue weighted by atomic mass is 16.5. The molecule has 2 saturated heterocycles. The maximum atomic E-state index is 12.9. The van der Waals surface area contributed by atoms with Gasteiger partial charge in [-0.25, -0.2) is 0 Å². The Balaban J connectivity index is 1.65.